The van der Waals surface area contributed by atoms with Crippen LogP contribution in [0.25, 0.3) is 0 Å². The molecule has 5 nitrogen and oxygen atoms in total. The van der Waals surface area contributed by atoms with E-state index >= 15 is 0 Å². The fourth-order valence-corrected chi connectivity index (χ4v) is 2.04. The molecule has 0 amide bonds. The standard InChI is InChI=1S/C6H8BrNO.C6H11NO2.C2H6.C2H2/c1-9-5-2-3-8-6(7)4-5;1-9-6(8)5-3-2-4-7-5;2*1-2/h2,4,8H,3H2,1H3;5,7H,2-4H2,1H3;1-2H3;1-2H/t;5-;;/m.0../s1. The lowest BCUT2D eigenvalue weighted by Gasteiger charge is -2.09. The molecule has 1 fully saturated rings. The van der Waals surface area contributed by atoms with Crippen molar-refractivity contribution in [1.29, 1.82) is 0 Å². The van der Waals surface area contributed by atoms with Gasteiger partial charge in [0.25, 0.3) is 0 Å². The van der Waals surface area contributed by atoms with Crippen molar-refractivity contribution in [1.82, 2.24) is 10.6 Å². The lowest BCUT2D eigenvalue weighted by molar-refractivity contribution is -0.142. The fourth-order valence-electron chi connectivity index (χ4n) is 1.65. The van der Waals surface area contributed by atoms with E-state index < -0.39 is 0 Å². The van der Waals surface area contributed by atoms with Crippen LogP contribution in [-0.2, 0) is 14.3 Å². The third-order valence-electron chi connectivity index (χ3n) is 2.62. The molecule has 6 heteroatoms. The van der Waals surface area contributed by atoms with Crippen LogP contribution in [0.15, 0.2) is 22.5 Å². The van der Waals surface area contributed by atoms with E-state index in [0.717, 1.165) is 36.3 Å². The maximum absolute atomic E-state index is 10.7. The number of ether oxygens (including phenoxy) is 2. The number of rotatable bonds is 2. The summed E-state index contributed by atoms with van der Waals surface area (Å²) in [6.45, 7) is 5.78. The number of dihydropyridines is 1. The van der Waals surface area contributed by atoms with Gasteiger partial charge < -0.3 is 20.1 Å². The summed E-state index contributed by atoms with van der Waals surface area (Å²) in [5.41, 5.74) is 0. The Labute approximate surface area is 142 Å². The normalized spacial score (nSPS) is 18.2. The zero-order valence-electron chi connectivity index (χ0n) is 13.8. The van der Waals surface area contributed by atoms with Crippen molar-refractivity contribution < 1.29 is 14.3 Å². The molecule has 0 aromatic rings. The Hall–Kier alpha value is -1.45. The van der Waals surface area contributed by atoms with Gasteiger partial charge in [0.2, 0.25) is 0 Å². The second kappa shape index (κ2) is 15.9. The van der Waals surface area contributed by atoms with Gasteiger partial charge >= 0.3 is 5.97 Å². The number of carbonyl (C=O) groups is 1. The number of nitrogens with one attached hydrogen (secondary N) is 2. The molecule has 2 aliphatic rings. The highest BCUT2D eigenvalue weighted by Crippen LogP contribution is 2.10. The van der Waals surface area contributed by atoms with Crippen molar-refractivity contribution in [3.63, 3.8) is 0 Å². The lowest BCUT2D eigenvalue weighted by atomic mass is 10.2. The van der Waals surface area contributed by atoms with E-state index in [0.29, 0.717) is 0 Å². The zero-order chi connectivity index (χ0) is 17.4. The number of methoxy groups -OCH3 is 2. The predicted molar refractivity (Wildman–Crippen MR) is 94.4 cm³/mol. The number of hydrogen-bond acceptors (Lipinski definition) is 5. The molecule has 0 aromatic heterocycles. The zero-order valence-corrected chi connectivity index (χ0v) is 15.4. The Morgan fingerprint density at radius 3 is 2.36 bits per heavy atom. The van der Waals surface area contributed by atoms with Crippen LogP contribution in [0, 0.1) is 12.8 Å². The third-order valence-corrected chi connectivity index (χ3v) is 3.13. The van der Waals surface area contributed by atoms with Gasteiger partial charge in [-0.25, -0.2) is 0 Å². The van der Waals surface area contributed by atoms with Crippen LogP contribution in [0.2, 0.25) is 0 Å². The van der Waals surface area contributed by atoms with Crippen molar-refractivity contribution in [3.8, 4) is 12.8 Å². The van der Waals surface area contributed by atoms with E-state index in [9.17, 15) is 4.79 Å². The molecule has 0 radical (unpaired) electrons. The number of halogens is 1. The number of allylic oxidation sites excluding steroid dienone is 1. The monoisotopic (exact) mass is 374 g/mol. The third kappa shape index (κ3) is 10.3. The van der Waals surface area contributed by atoms with Crippen LogP contribution in [-0.4, -0.2) is 39.3 Å². The van der Waals surface area contributed by atoms with E-state index in [4.69, 9.17) is 4.74 Å². The number of carbonyl (C=O) groups excluding carboxylic acids is 1. The van der Waals surface area contributed by atoms with Crippen molar-refractivity contribution in [2.24, 2.45) is 0 Å². The molecule has 0 aliphatic carbocycles. The second-order valence-corrected chi connectivity index (χ2v) is 4.71. The van der Waals surface area contributed by atoms with Gasteiger partial charge in [-0.05, 0) is 41.4 Å². The van der Waals surface area contributed by atoms with Crippen LogP contribution < -0.4 is 10.6 Å². The largest absolute Gasteiger partial charge is 0.497 e. The van der Waals surface area contributed by atoms with Gasteiger partial charge in [0.15, 0.2) is 0 Å². The average Bonchev–Trinajstić information content (AvgIpc) is 3.13. The smallest absolute Gasteiger partial charge is 0.322 e. The fraction of sp³-hybridized carbons (Fsp3) is 0.562. The highest BCUT2D eigenvalue weighted by Gasteiger charge is 2.21. The second-order valence-electron chi connectivity index (χ2n) is 3.86. The van der Waals surface area contributed by atoms with Crippen molar-refractivity contribution >= 4 is 21.9 Å². The van der Waals surface area contributed by atoms with E-state index in [1.165, 1.54) is 7.11 Å². The summed E-state index contributed by atoms with van der Waals surface area (Å²) in [4.78, 5) is 10.7. The van der Waals surface area contributed by atoms with Crippen LogP contribution in [0.1, 0.15) is 26.7 Å². The van der Waals surface area contributed by atoms with Gasteiger partial charge in [0, 0.05) is 12.6 Å². The molecule has 1 atom stereocenters. The first-order valence-electron chi connectivity index (χ1n) is 7.17. The molecule has 0 spiro atoms. The van der Waals surface area contributed by atoms with E-state index in [2.05, 4.69) is 44.1 Å². The molecule has 2 aliphatic heterocycles. The number of terminal acetylenes is 1. The van der Waals surface area contributed by atoms with Crippen LogP contribution in [0.4, 0.5) is 0 Å². The minimum atomic E-state index is -0.132. The predicted octanol–water partition coefficient (Wildman–Crippen LogP) is 2.54. The molecule has 22 heavy (non-hydrogen) atoms. The first-order chi connectivity index (χ1) is 10.7. The Morgan fingerprint density at radius 2 is 2.00 bits per heavy atom. The minimum absolute atomic E-state index is 0.0324. The number of hydrogen-bond donors (Lipinski definition) is 2. The topological polar surface area (TPSA) is 59.6 Å². The molecular weight excluding hydrogens is 348 g/mol. The van der Waals surface area contributed by atoms with Crippen molar-refractivity contribution in [2.45, 2.75) is 32.7 Å². The molecule has 1 saturated heterocycles. The SMILES string of the molecule is C#C.CC.COC(=O)[C@@H]1CCCN1.COC1=CCNC(Br)=C1. The van der Waals surface area contributed by atoms with E-state index in [1.54, 1.807) is 7.11 Å². The maximum Gasteiger partial charge on any atom is 0.322 e. The molecule has 0 bridgehead atoms. The van der Waals surface area contributed by atoms with Gasteiger partial charge in [-0.15, -0.1) is 12.8 Å². The van der Waals surface area contributed by atoms with E-state index in [-0.39, 0.29) is 12.0 Å². The molecule has 126 valence electrons. The molecule has 0 aromatic carbocycles. The summed E-state index contributed by atoms with van der Waals surface area (Å²) < 4.78 is 10.5. The Morgan fingerprint density at radius 1 is 1.36 bits per heavy atom. The van der Waals surface area contributed by atoms with Crippen molar-refractivity contribution in [3.05, 3.63) is 22.5 Å². The summed E-state index contributed by atoms with van der Waals surface area (Å²) in [7, 11) is 3.08. The molecule has 2 rings (SSSR count). The Kier molecular flexibility index (Phi) is 16.5. The molecule has 0 unspecified atom stereocenters. The van der Waals surface area contributed by atoms with Gasteiger partial charge in [0.1, 0.15) is 11.8 Å². The lowest BCUT2D eigenvalue weighted by Crippen LogP contribution is -2.31. The quantitative estimate of drug-likeness (QED) is 0.441. The van der Waals surface area contributed by atoms with Crippen molar-refractivity contribution in [2.75, 3.05) is 27.3 Å². The first kappa shape index (κ1) is 22.8. The summed E-state index contributed by atoms with van der Waals surface area (Å²) in [5, 5.41) is 6.10. The highest BCUT2D eigenvalue weighted by atomic mass is 79.9. The maximum atomic E-state index is 10.7. The Balaban J connectivity index is 0. The molecule has 2 heterocycles. The van der Waals surface area contributed by atoms with Gasteiger partial charge in [-0.2, -0.15) is 0 Å². The van der Waals surface area contributed by atoms with Crippen LogP contribution >= 0.6 is 15.9 Å². The first-order valence-corrected chi connectivity index (χ1v) is 7.96. The summed E-state index contributed by atoms with van der Waals surface area (Å²) in [5.74, 6) is 0.771. The molecular formula is C16H27BrN2O3. The van der Waals surface area contributed by atoms with E-state index in [1.807, 2.05) is 26.0 Å². The van der Waals surface area contributed by atoms with Gasteiger partial charge in [-0.1, -0.05) is 13.8 Å². The average molecular weight is 375 g/mol. The molecule has 0 saturated carbocycles. The summed E-state index contributed by atoms with van der Waals surface area (Å²) in [6.07, 6.45) is 13.9. The van der Waals surface area contributed by atoms with Gasteiger partial charge in [0.05, 0.1) is 18.8 Å². The summed E-state index contributed by atoms with van der Waals surface area (Å²) in [6, 6.07) is -0.0324. The minimum Gasteiger partial charge on any atom is -0.497 e. The molecule has 2 N–H and O–H groups in total. The number of esters is 1. The van der Waals surface area contributed by atoms with Crippen LogP contribution in [0.5, 0.6) is 0 Å². The van der Waals surface area contributed by atoms with Crippen LogP contribution in [0.3, 0.4) is 0 Å². The summed E-state index contributed by atoms with van der Waals surface area (Å²) >= 11 is 3.30. The Bertz CT molecular complexity index is 373. The van der Waals surface area contributed by atoms with Gasteiger partial charge in [-0.3, -0.25) is 4.79 Å². The highest BCUT2D eigenvalue weighted by molar-refractivity contribution is 9.11.